The minimum atomic E-state index is -0.119. The maximum atomic E-state index is 11.1. The van der Waals surface area contributed by atoms with Crippen molar-refractivity contribution in [2.45, 2.75) is 33.7 Å². The summed E-state index contributed by atoms with van der Waals surface area (Å²) in [7, 11) is 0. The molecule has 0 heterocycles. The summed E-state index contributed by atoms with van der Waals surface area (Å²) in [5.74, 6) is 0.526. The minimum Gasteiger partial charge on any atom is -0.490 e. The van der Waals surface area contributed by atoms with E-state index in [1.165, 1.54) is 6.92 Å². The lowest BCUT2D eigenvalue weighted by Crippen LogP contribution is -2.40. The first-order valence-corrected chi connectivity index (χ1v) is 6.05. The molecule has 1 aromatic carbocycles. The molecule has 1 amide bonds. The van der Waals surface area contributed by atoms with Gasteiger partial charge in [0.2, 0.25) is 5.91 Å². The summed E-state index contributed by atoms with van der Waals surface area (Å²) in [6.45, 7) is 8.10. The van der Waals surface area contributed by atoms with E-state index in [0.717, 1.165) is 0 Å². The monoisotopic (exact) mass is 250 g/mol. The molecule has 0 saturated carbocycles. The smallest absolute Gasteiger partial charge is 0.221 e. The Morgan fingerprint density at radius 2 is 2.00 bits per heavy atom. The summed E-state index contributed by atoms with van der Waals surface area (Å²) < 4.78 is 5.69. The fraction of sp³-hybridized carbons (Fsp3) is 0.500. The first-order chi connectivity index (χ1) is 8.30. The van der Waals surface area contributed by atoms with Crippen LogP contribution < -0.4 is 15.8 Å². The zero-order chi connectivity index (χ0) is 13.8. The Labute approximate surface area is 109 Å². The van der Waals surface area contributed by atoms with Crippen LogP contribution in [0, 0.1) is 5.41 Å². The van der Waals surface area contributed by atoms with E-state index in [4.69, 9.17) is 10.5 Å². The number of carbonyl (C=O) groups is 1. The van der Waals surface area contributed by atoms with E-state index in [9.17, 15) is 4.79 Å². The number of para-hydroxylation sites is 2. The first kappa shape index (κ1) is 14.5. The molecule has 0 bridgehead atoms. The molecule has 1 rings (SSSR count). The molecule has 0 spiro atoms. The van der Waals surface area contributed by atoms with Crippen LogP contribution >= 0.6 is 0 Å². The number of nitrogens with one attached hydrogen (secondary N) is 1. The summed E-state index contributed by atoms with van der Waals surface area (Å²) in [5, 5.41) is 2.73. The Bertz CT molecular complexity index is 411. The average Bonchev–Trinajstić information content (AvgIpc) is 2.25. The normalized spacial score (nSPS) is 12.9. The van der Waals surface area contributed by atoms with Crippen LogP contribution in [0.2, 0.25) is 0 Å². The number of carbonyl (C=O) groups excluding carboxylic acids is 1. The summed E-state index contributed by atoms with van der Waals surface area (Å²) >= 11 is 0. The molecule has 18 heavy (non-hydrogen) atoms. The van der Waals surface area contributed by atoms with E-state index in [1.807, 2.05) is 18.2 Å². The van der Waals surface area contributed by atoms with E-state index in [-0.39, 0.29) is 17.4 Å². The van der Waals surface area contributed by atoms with Crippen molar-refractivity contribution in [3.05, 3.63) is 24.3 Å². The van der Waals surface area contributed by atoms with Crippen LogP contribution in [0.4, 0.5) is 5.69 Å². The van der Waals surface area contributed by atoms with Crippen molar-refractivity contribution >= 4 is 11.6 Å². The quantitative estimate of drug-likeness (QED) is 0.862. The summed E-state index contributed by atoms with van der Waals surface area (Å²) in [6, 6.07) is 7.27. The number of amides is 1. The van der Waals surface area contributed by atoms with Gasteiger partial charge in [0.05, 0.1) is 5.69 Å². The van der Waals surface area contributed by atoms with Crippen LogP contribution in [0.5, 0.6) is 5.75 Å². The Morgan fingerprint density at radius 3 is 2.56 bits per heavy atom. The SMILES string of the molecule is CC(=O)Nc1ccccc1OCC(N)C(C)(C)C. The van der Waals surface area contributed by atoms with E-state index < -0.39 is 0 Å². The highest BCUT2D eigenvalue weighted by Gasteiger charge is 2.21. The highest BCUT2D eigenvalue weighted by Crippen LogP contribution is 2.25. The lowest BCUT2D eigenvalue weighted by atomic mass is 9.88. The highest BCUT2D eigenvalue weighted by molar-refractivity contribution is 5.90. The van der Waals surface area contributed by atoms with Gasteiger partial charge in [-0.1, -0.05) is 32.9 Å². The van der Waals surface area contributed by atoms with Gasteiger partial charge in [0, 0.05) is 13.0 Å². The molecular formula is C14H22N2O2. The fourth-order valence-corrected chi connectivity index (χ4v) is 1.31. The molecule has 3 N–H and O–H groups in total. The van der Waals surface area contributed by atoms with Gasteiger partial charge in [0.25, 0.3) is 0 Å². The third-order valence-electron chi connectivity index (χ3n) is 2.73. The maximum Gasteiger partial charge on any atom is 0.221 e. The zero-order valence-corrected chi connectivity index (χ0v) is 11.5. The van der Waals surface area contributed by atoms with Crippen molar-refractivity contribution in [3.63, 3.8) is 0 Å². The second-order valence-electron chi connectivity index (χ2n) is 5.46. The predicted octanol–water partition coefficient (Wildman–Crippen LogP) is 2.40. The summed E-state index contributed by atoms with van der Waals surface area (Å²) in [5.41, 5.74) is 6.70. The molecule has 1 atom stereocenters. The van der Waals surface area contributed by atoms with E-state index in [0.29, 0.717) is 18.0 Å². The molecule has 0 fully saturated rings. The molecule has 0 aromatic heterocycles. The molecule has 0 aliphatic heterocycles. The van der Waals surface area contributed by atoms with Gasteiger partial charge in [0.15, 0.2) is 0 Å². The molecule has 100 valence electrons. The van der Waals surface area contributed by atoms with Gasteiger partial charge in [-0.25, -0.2) is 0 Å². The van der Waals surface area contributed by atoms with Gasteiger partial charge < -0.3 is 15.8 Å². The van der Waals surface area contributed by atoms with Gasteiger partial charge in [-0.2, -0.15) is 0 Å². The number of anilines is 1. The lowest BCUT2D eigenvalue weighted by molar-refractivity contribution is -0.114. The highest BCUT2D eigenvalue weighted by atomic mass is 16.5. The Kier molecular flexibility index (Phi) is 4.73. The lowest BCUT2D eigenvalue weighted by Gasteiger charge is -2.27. The van der Waals surface area contributed by atoms with Gasteiger partial charge in [-0.05, 0) is 17.5 Å². The summed E-state index contributed by atoms with van der Waals surface area (Å²) in [6.07, 6.45) is 0. The van der Waals surface area contributed by atoms with Crippen molar-refractivity contribution < 1.29 is 9.53 Å². The molecule has 1 aromatic rings. The third kappa shape index (κ3) is 4.37. The van der Waals surface area contributed by atoms with Crippen LogP contribution in [0.3, 0.4) is 0 Å². The molecule has 1 unspecified atom stereocenters. The standard InChI is InChI=1S/C14H22N2O2/c1-10(17)16-11-7-5-6-8-12(11)18-9-13(15)14(2,3)4/h5-8,13H,9,15H2,1-4H3,(H,16,17). The van der Waals surface area contributed by atoms with Crippen LogP contribution in [0.15, 0.2) is 24.3 Å². The number of benzene rings is 1. The first-order valence-electron chi connectivity index (χ1n) is 6.05. The maximum absolute atomic E-state index is 11.1. The van der Waals surface area contributed by atoms with E-state index >= 15 is 0 Å². The Hall–Kier alpha value is -1.55. The number of hydrogen-bond acceptors (Lipinski definition) is 3. The fourth-order valence-electron chi connectivity index (χ4n) is 1.31. The molecule has 4 nitrogen and oxygen atoms in total. The van der Waals surface area contributed by atoms with Gasteiger partial charge in [-0.15, -0.1) is 0 Å². The largest absolute Gasteiger partial charge is 0.490 e. The van der Waals surface area contributed by atoms with Crippen LogP contribution in [0.25, 0.3) is 0 Å². The van der Waals surface area contributed by atoms with Crippen molar-refractivity contribution in [1.82, 2.24) is 0 Å². The number of hydrogen-bond donors (Lipinski definition) is 2. The molecule has 0 radical (unpaired) electrons. The molecule has 0 aliphatic rings. The summed E-state index contributed by atoms with van der Waals surface area (Å²) in [4.78, 5) is 11.1. The van der Waals surface area contributed by atoms with E-state index in [2.05, 4.69) is 26.1 Å². The third-order valence-corrected chi connectivity index (χ3v) is 2.73. The minimum absolute atomic E-state index is 0.0110. The topological polar surface area (TPSA) is 64.3 Å². The molecule has 4 heteroatoms. The van der Waals surface area contributed by atoms with Crippen LogP contribution in [0.1, 0.15) is 27.7 Å². The Morgan fingerprint density at radius 1 is 1.39 bits per heavy atom. The molecule has 0 saturated heterocycles. The van der Waals surface area contributed by atoms with Crippen molar-refractivity contribution in [2.24, 2.45) is 11.1 Å². The van der Waals surface area contributed by atoms with E-state index in [1.54, 1.807) is 6.07 Å². The second-order valence-corrected chi connectivity index (χ2v) is 5.46. The van der Waals surface area contributed by atoms with Gasteiger partial charge in [-0.3, -0.25) is 4.79 Å². The number of rotatable bonds is 4. The van der Waals surface area contributed by atoms with Crippen molar-refractivity contribution in [1.29, 1.82) is 0 Å². The van der Waals surface area contributed by atoms with Crippen molar-refractivity contribution in [3.8, 4) is 5.75 Å². The van der Waals surface area contributed by atoms with Crippen LogP contribution in [-0.4, -0.2) is 18.6 Å². The van der Waals surface area contributed by atoms with Gasteiger partial charge >= 0.3 is 0 Å². The molecule has 0 aliphatic carbocycles. The predicted molar refractivity (Wildman–Crippen MR) is 73.7 cm³/mol. The number of ether oxygens (including phenoxy) is 1. The van der Waals surface area contributed by atoms with Crippen LogP contribution in [-0.2, 0) is 4.79 Å². The Balaban J connectivity index is 2.70. The number of nitrogens with two attached hydrogens (primary N) is 1. The average molecular weight is 250 g/mol. The molecular weight excluding hydrogens is 228 g/mol. The van der Waals surface area contributed by atoms with Crippen molar-refractivity contribution in [2.75, 3.05) is 11.9 Å². The van der Waals surface area contributed by atoms with Gasteiger partial charge in [0.1, 0.15) is 12.4 Å². The second kappa shape index (κ2) is 5.87. The zero-order valence-electron chi connectivity index (χ0n) is 11.5.